The summed E-state index contributed by atoms with van der Waals surface area (Å²) in [6.07, 6.45) is 4.76. The number of hydrogen-bond donors (Lipinski definition) is 2. The first-order valence-corrected chi connectivity index (χ1v) is 3.52. The summed E-state index contributed by atoms with van der Waals surface area (Å²) in [5, 5.41) is 16.4. The lowest BCUT2D eigenvalue weighted by Crippen LogP contribution is -1.90. The molecule has 0 aromatic heterocycles. The summed E-state index contributed by atoms with van der Waals surface area (Å²) < 4.78 is 4.65. The highest BCUT2D eigenvalue weighted by molar-refractivity contribution is 5.68. The first kappa shape index (κ1) is 11.2. The Kier molecular flexibility index (Phi) is 5.96. The van der Waals surface area contributed by atoms with Crippen molar-refractivity contribution in [3.63, 3.8) is 0 Å². The molecule has 0 unspecified atom stereocenters. The van der Waals surface area contributed by atoms with Gasteiger partial charge in [0, 0.05) is 0 Å². The molecule has 0 aromatic rings. The number of carbonyl (C=O) groups is 2. The second-order valence-electron chi connectivity index (χ2n) is 2.08. The van der Waals surface area contributed by atoms with Gasteiger partial charge in [0.1, 0.15) is 0 Å². The van der Waals surface area contributed by atoms with Gasteiger partial charge in [-0.05, 0) is 12.2 Å². The zero-order chi connectivity index (χ0) is 10.1. The van der Waals surface area contributed by atoms with Crippen LogP contribution in [0.1, 0.15) is 12.8 Å². The fraction of sp³-hybridized carbons (Fsp3) is 0.250. The van der Waals surface area contributed by atoms with Crippen molar-refractivity contribution in [2.75, 3.05) is 0 Å². The average Bonchev–Trinajstić information content (AvgIpc) is 2.01. The van der Waals surface area contributed by atoms with Gasteiger partial charge in [-0.1, -0.05) is 0 Å². The summed E-state index contributed by atoms with van der Waals surface area (Å²) in [5.74, 6) is -1.90. The summed E-state index contributed by atoms with van der Waals surface area (Å²) in [7, 11) is 0. The molecule has 5 nitrogen and oxygen atoms in total. The van der Waals surface area contributed by atoms with Crippen LogP contribution in [0.3, 0.4) is 0 Å². The number of ether oxygens (including phenoxy) is 1. The Morgan fingerprint density at radius 2 is 1.38 bits per heavy atom. The molecule has 0 spiro atoms. The molecular formula is C8H10O5. The molecular weight excluding hydrogens is 176 g/mol. The predicted octanol–water partition coefficient (Wildman–Crippen LogP) is 0.980. The highest BCUT2D eigenvalue weighted by Gasteiger charge is 1.89. The Labute approximate surface area is 74.9 Å². The molecule has 0 atom stereocenters. The van der Waals surface area contributed by atoms with Crippen LogP contribution in [0.2, 0.25) is 0 Å². The molecule has 0 aliphatic rings. The Bertz CT molecular complexity index is 205. The second-order valence-corrected chi connectivity index (χ2v) is 2.08. The standard InChI is InChI=1S/C8H10O5/c9-7(10)3-1-5-13-6-2-4-8(11)12/h1-2,5-6H,3-4H2,(H,9,10)(H,11,12)/b5-1+,6-2+. The highest BCUT2D eigenvalue weighted by atomic mass is 16.5. The smallest absolute Gasteiger partial charge is 0.307 e. The van der Waals surface area contributed by atoms with Crippen molar-refractivity contribution >= 4 is 11.9 Å². The van der Waals surface area contributed by atoms with Crippen molar-refractivity contribution in [3.05, 3.63) is 24.7 Å². The minimum atomic E-state index is -0.950. The van der Waals surface area contributed by atoms with Crippen molar-refractivity contribution in [3.8, 4) is 0 Å². The van der Waals surface area contributed by atoms with E-state index in [0.717, 1.165) is 0 Å². The van der Waals surface area contributed by atoms with Gasteiger partial charge in [0.2, 0.25) is 0 Å². The summed E-state index contributed by atoms with van der Waals surface area (Å²) in [6, 6.07) is 0. The van der Waals surface area contributed by atoms with E-state index in [9.17, 15) is 9.59 Å². The maximum Gasteiger partial charge on any atom is 0.307 e. The van der Waals surface area contributed by atoms with Crippen LogP contribution in [0.4, 0.5) is 0 Å². The third kappa shape index (κ3) is 10.2. The van der Waals surface area contributed by atoms with Crippen LogP contribution in [0.25, 0.3) is 0 Å². The van der Waals surface area contributed by atoms with Gasteiger partial charge in [0.25, 0.3) is 0 Å². The van der Waals surface area contributed by atoms with Crippen LogP contribution in [0.5, 0.6) is 0 Å². The lowest BCUT2D eigenvalue weighted by atomic mass is 10.4. The molecule has 0 fully saturated rings. The molecule has 5 heteroatoms. The first-order valence-electron chi connectivity index (χ1n) is 3.52. The Hall–Kier alpha value is -1.78. The molecule has 13 heavy (non-hydrogen) atoms. The van der Waals surface area contributed by atoms with Crippen molar-refractivity contribution in [2.24, 2.45) is 0 Å². The van der Waals surface area contributed by atoms with Gasteiger partial charge >= 0.3 is 11.9 Å². The lowest BCUT2D eigenvalue weighted by molar-refractivity contribution is -0.137. The van der Waals surface area contributed by atoms with E-state index >= 15 is 0 Å². The van der Waals surface area contributed by atoms with Gasteiger partial charge < -0.3 is 14.9 Å². The monoisotopic (exact) mass is 186 g/mol. The van der Waals surface area contributed by atoms with E-state index in [1.54, 1.807) is 0 Å². The molecule has 0 radical (unpaired) electrons. The van der Waals surface area contributed by atoms with Crippen molar-refractivity contribution in [1.29, 1.82) is 0 Å². The lowest BCUT2D eigenvalue weighted by Gasteiger charge is -1.88. The van der Waals surface area contributed by atoms with Crippen molar-refractivity contribution < 1.29 is 24.5 Å². The second kappa shape index (κ2) is 6.90. The molecule has 0 saturated heterocycles. The van der Waals surface area contributed by atoms with Gasteiger partial charge in [-0.3, -0.25) is 9.59 Å². The van der Waals surface area contributed by atoms with Crippen LogP contribution in [-0.4, -0.2) is 22.2 Å². The fourth-order valence-corrected chi connectivity index (χ4v) is 0.454. The summed E-state index contributed by atoms with van der Waals surface area (Å²) in [6.45, 7) is 0. The van der Waals surface area contributed by atoms with E-state index in [0.29, 0.717) is 0 Å². The number of rotatable bonds is 6. The van der Waals surface area contributed by atoms with Crippen LogP contribution in [-0.2, 0) is 14.3 Å². The van der Waals surface area contributed by atoms with E-state index in [2.05, 4.69) is 4.74 Å². The number of carboxylic acids is 2. The van der Waals surface area contributed by atoms with E-state index < -0.39 is 11.9 Å². The molecule has 0 bridgehead atoms. The van der Waals surface area contributed by atoms with Gasteiger partial charge in [-0.15, -0.1) is 0 Å². The quantitative estimate of drug-likeness (QED) is 0.604. The maximum atomic E-state index is 9.97. The Balaban J connectivity index is 3.43. The Morgan fingerprint density at radius 3 is 1.69 bits per heavy atom. The van der Waals surface area contributed by atoms with E-state index in [1.807, 2.05) is 0 Å². The molecule has 0 amide bonds. The SMILES string of the molecule is O=C(O)C/C=C/O/C=C/CC(=O)O. The van der Waals surface area contributed by atoms with Gasteiger partial charge in [-0.2, -0.15) is 0 Å². The van der Waals surface area contributed by atoms with E-state index in [1.165, 1.54) is 24.7 Å². The summed E-state index contributed by atoms with van der Waals surface area (Å²) >= 11 is 0. The van der Waals surface area contributed by atoms with Crippen LogP contribution in [0, 0.1) is 0 Å². The normalized spacial score (nSPS) is 10.8. The molecule has 0 saturated carbocycles. The number of hydrogen-bond acceptors (Lipinski definition) is 3. The molecule has 0 rings (SSSR count). The van der Waals surface area contributed by atoms with E-state index in [4.69, 9.17) is 10.2 Å². The molecule has 0 aliphatic carbocycles. The van der Waals surface area contributed by atoms with Gasteiger partial charge in [0.05, 0.1) is 25.4 Å². The Morgan fingerprint density at radius 1 is 1.00 bits per heavy atom. The third-order valence-corrected chi connectivity index (χ3v) is 0.935. The fourth-order valence-electron chi connectivity index (χ4n) is 0.454. The zero-order valence-corrected chi connectivity index (χ0v) is 6.84. The topological polar surface area (TPSA) is 83.8 Å². The van der Waals surface area contributed by atoms with Gasteiger partial charge in [-0.25, -0.2) is 0 Å². The minimum Gasteiger partial charge on any atom is -0.481 e. The maximum absolute atomic E-state index is 9.97. The summed E-state index contributed by atoms with van der Waals surface area (Å²) in [5.41, 5.74) is 0. The third-order valence-electron chi connectivity index (χ3n) is 0.935. The van der Waals surface area contributed by atoms with Crippen LogP contribution >= 0.6 is 0 Å². The molecule has 0 aliphatic heterocycles. The highest BCUT2D eigenvalue weighted by Crippen LogP contribution is 1.87. The molecule has 0 heterocycles. The largest absolute Gasteiger partial charge is 0.481 e. The first-order chi connectivity index (χ1) is 6.13. The number of carboxylic acid groups (broad SMARTS) is 2. The van der Waals surface area contributed by atoms with Crippen LogP contribution < -0.4 is 0 Å². The van der Waals surface area contributed by atoms with Gasteiger partial charge in [0.15, 0.2) is 0 Å². The predicted molar refractivity (Wildman–Crippen MR) is 43.9 cm³/mol. The molecule has 0 aromatic carbocycles. The van der Waals surface area contributed by atoms with Crippen molar-refractivity contribution in [1.82, 2.24) is 0 Å². The minimum absolute atomic E-state index is 0.118. The molecule has 2 N–H and O–H groups in total. The summed E-state index contributed by atoms with van der Waals surface area (Å²) in [4.78, 5) is 19.9. The zero-order valence-electron chi connectivity index (χ0n) is 6.84. The number of aliphatic carboxylic acids is 2. The van der Waals surface area contributed by atoms with E-state index in [-0.39, 0.29) is 12.8 Å². The average molecular weight is 186 g/mol. The van der Waals surface area contributed by atoms with Crippen LogP contribution in [0.15, 0.2) is 24.7 Å². The van der Waals surface area contributed by atoms with Crippen molar-refractivity contribution in [2.45, 2.75) is 12.8 Å². The molecule has 72 valence electrons.